The van der Waals surface area contributed by atoms with E-state index in [4.69, 9.17) is 23.1 Å². The van der Waals surface area contributed by atoms with E-state index in [0.717, 1.165) is 11.1 Å². The van der Waals surface area contributed by atoms with Crippen LogP contribution in [0.5, 0.6) is 0 Å². The van der Waals surface area contributed by atoms with Crippen molar-refractivity contribution in [3.63, 3.8) is 0 Å². The van der Waals surface area contributed by atoms with Crippen LogP contribution in [0.25, 0.3) is 0 Å². The Labute approximate surface area is 166 Å². The lowest BCUT2D eigenvalue weighted by Crippen LogP contribution is -2.19. The Morgan fingerprint density at radius 2 is 1.74 bits per heavy atom. The van der Waals surface area contributed by atoms with E-state index in [1.807, 2.05) is 43.3 Å². The van der Waals surface area contributed by atoms with Gasteiger partial charge in [0.05, 0.1) is 0 Å². The monoisotopic (exact) mass is 399 g/mol. The average molecular weight is 400 g/mol. The summed E-state index contributed by atoms with van der Waals surface area (Å²) in [5.41, 5.74) is 13.9. The Balaban J connectivity index is 1.89. The van der Waals surface area contributed by atoms with Crippen LogP contribution in [0.4, 0.5) is 17.3 Å². The van der Waals surface area contributed by atoms with Crippen molar-refractivity contribution < 1.29 is 4.79 Å². The summed E-state index contributed by atoms with van der Waals surface area (Å²) in [5, 5.41) is 3.22. The van der Waals surface area contributed by atoms with Crippen LogP contribution in [0.2, 0.25) is 5.02 Å². The molecule has 1 atom stereocenters. The SMILES string of the molecule is Cc1ccc(NC(=O)[C@H](Sc2nc(N)cc(N)n2)c2ccccc2)cc1Cl. The fourth-order valence-electron chi connectivity index (χ4n) is 2.40. The first-order valence-corrected chi connectivity index (χ1v) is 9.37. The fraction of sp³-hybridized carbons (Fsp3) is 0.105. The summed E-state index contributed by atoms with van der Waals surface area (Å²) in [7, 11) is 0. The molecule has 3 aromatic rings. The van der Waals surface area contributed by atoms with Crippen molar-refractivity contribution >= 4 is 46.6 Å². The molecule has 1 amide bonds. The number of aromatic nitrogens is 2. The third-order valence-corrected chi connectivity index (χ3v) is 5.27. The van der Waals surface area contributed by atoms with Gasteiger partial charge in [-0.3, -0.25) is 4.79 Å². The molecule has 1 aromatic heterocycles. The zero-order valence-electron chi connectivity index (χ0n) is 14.5. The molecular formula is C19H18ClN5OS. The van der Waals surface area contributed by atoms with Gasteiger partial charge in [0.2, 0.25) is 5.91 Å². The number of nitrogens with two attached hydrogens (primary N) is 2. The molecule has 0 radical (unpaired) electrons. The second-order valence-corrected chi connectivity index (χ2v) is 7.34. The summed E-state index contributed by atoms with van der Waals surface area (Å²) in [5.74, 6) is 0.279. The van der Waals surface area contributed by atoms with E-state index in [2.05, 4.69) is 15.3 Å². The number of carbonyl (C=O) groups excluding carboxylic acids is 1. The average Bonchev–Trinajstić information content (AvgIpc) is 2.62. The van der Waals surface area contributed by atoms with Crippen LogP contribution in [0.3, 0.4) is 0 Å². The maximum absolute atomic E-state index is 13.0. The topological polar surface area (TPSA) is 107 Å². The Morgan fingerprint density at radius 1 is 1.07 bits per heavy atom. The van der Waals surface area contributed by atoms with Gasteiger partial charge in [-0.15, -0.1) is 0 Å². The standard InChI is InChI=1S/C19H18ClN5OS/c1-11-7-8-13(9-14(11)20)23-18(26)17(12-5-3-2-4-6-12)27-19-24-15(21)10-16(22)25-19/h2-10,17H,1H3,(H,23,26)(H4,21,22,24,25)/t17-/m1/s1. The second-order valence-electron chi connectivity index (χ2n) is 5.86. The van der Waals surface area contributed by atoms with Crippen molar-refractivity contribution in [2.24, 2.45) is 0 Å². The molecule has 0 bridgehead atoms. The predicted molar refractivity (Wildman–Crippen MR) is 111 cm³/mol. The number of aryl methyl sites for hydroxylation is 1. The number of halogens is 1. The van der Waals surface area contributed by atoms with E-state index in [1.54, 1.807) is 12.1 Å². The van der Waals surface area contributed by atoms with Gasteiger partial charge in [-0.2, -0.15) is 0 Å². The van der Waals surface area contributed by atoms with Gasteiger partial charge in [0.15, 0.2) is 5.16 Å². The molecule has 6 nitrogen and oxygen atoms in total. The highest BCUT2D eigenvalue weighted by Gasteiger charge is 2.24. The Bertz CT molecular complexity index is 947. The van der Waals surface area contributed by atoms with Gasteiger partial charge < -0.3 is 16.8 Å². The highest BCUT2D eigenvalue weighted by molar-refractivity contribution is 8.00. The summed E-state index contributed by atoms with van der Waals surface area (Å²) >= 11 is 7.33. The molecule has 1 heterocycles. The smallest absolute Gasteiger partial charge is 0.242 e. The lowest BCUT2D eigenvalue weighted by molar-refractivity contribution is -0.115. The van der Waals surface area contributed by atoms with E-state index in [1.165, 1.54) is 17.8 Å². The number of benzene rings is 2. The van der Waals surface area contributed by atoms with Gasteiger partial charge >= 0.3 is 0 Å². The summed E-state index contributed by atoms with van der Waals surface area (Å²) in [6.45, 7) is 1.90. The van der Waals surface area contributed by atoms with Crippen LogP contribution < -0.4 is 16.8 Å². The van der Waals surface area contributed by atoms with Crippen molar-refractivity contribution in [1.29, 1.82) is 0 Å². The number of hydrogen-bond acceptors (Lipinski definition) is 6. The minimum absolute atomic E-state index is 0.226. The lowest BCUT2D eigenvalue weighted by atomic mass is 10.1. The molecule has 27 heavy (non-hydrogen) atoms. The molecule has 0 saturated carbocycles. The zero-order chi connectivity index (χ0) is 19.4. The quantitative estimate of drug-likeness (QED) is 0.441. The molecule has 8 heteroatoms. The molecule has 0 aliphatic carbocycles. The predicted octanol–water partition coefficient (Wildman–Crippen LogP) is 4.07. The number of nitrogens with zero attached hydrogens (tertiary/aromatic N) is 2. The molecule has 138 valence electrons. The third kappa shape index (κ3) is 4.90. The van der Waals surface area contributed by atoms with Crippen molar-refractivity contribution in [3.8, 4) is 0 Å². The summed E-state index contributed by atoms with van der Waals surface area (Å²) in [4.78, 5) is 21.3. The minimum atomic E-state index is -0.590. The van der Waals surface area contributed by atoms with E-state index in [0.29, 0.717) is 15.9 Å². The molecule has 0 spiro atoms. The highest BCUT2D eigenvalue weighted by atomic mass is 35.5. The molecule has 0 fully saturated rings. The van der Waals surface area contributed by atoms with E-state index < -0.39 is 5.25 Å². The van der Waals surface area contributed by atoms with Crippen LogP contribution in [0.1, 0.15) is 16.4 Å². The molecule has 0 unspecified atom stereocenters. The largest absolute Gasteiger partial charge is 0.383 e. The molecule has 0 aliphatic heterocycles. The van der Waals surface area contributed by atoms with Crippen molar-refractivity contribution in [2.45, 2.75) is 17.3 Å². The van der Waals surface area contributed by atoms with Gasteiger partial charge in [-0.25, -0.2) is 9.97 Å². The van der Waals surface area contributed by atoms with Crippen LogP contribution in [-0.2, 0) is 4.79 Å². The van der Waals surface area contributed by atoms with Gasteiger partial charge in [0.25, 0.3) is 0 Å². The first-order chi connectivity index (χ1) is 12.9. The number of hydrogen-bond donors (Lipinski definition) is 3. The normalized spacial score (nSPS) is 11.8. The number of nitrogens with one attached hydrogen (secondary N) is 1. The van der Waals surface area contributed by atoms with Crippen LogP contribution in [0, 0.1) is 6.92 Å². The Morgan fingerprint density at radius 3 is 2.37 bits per heavy atom. The van der Waals surface area contributed by atoms with Gasteiger partial charge in [0, 0.05) is 16.8 Å². The number of thioether (sulfide) groups is 1. The van der Waals surface area contributed by atoms with Gasteiger partial charge in [0.1, 0.15) is 16.9 Å². The fourth-order valence-corrected chi connectivity index (χ4v) is 3.57. The molecule has 2 aromatic carbocycles. The maximum atomic E-state index is 13.0. The van der Waals surface area contributed by atoms with Crippen LogP contribution in [0.15, 0.2) is 59.8 Å². The maximum Gasteiger partial charge on any atom is 0.242 e. The number of carbonyl (C=O) groups is 1. The summed E-state index contributed by atoms with van der Waals surface area (Å²) < 4.78 is 0. The molecule has 3 rings (SSSR count). The van der Waals surface area contributed by atoms with Crippen molar-refractivity contribution in [2.75, 3.05) is 16.8 Å². The number of rotatable bonds is 5. The Hall–Kier alpha value is -2.77. The van der Waals surface area contributed by atoms with E-state index >= 15 is 0 Å². The van der Waals surface area contributed by atoms with E-state index in [-0.39, 0.29) is 17.5 Å². The molecule has 0 saturated heterocycles. The van der Waals surface area contributed by atoms with Gasteiger partial charge in [-0.1, -0.05) is 59.8 Å². The number of anilines is 3. The van der Waals surface area contributed by atoms with Crippen LogP contribution >= 0.6 is 23.4 Å². The third-order valence-electron chi connectivity index (χ3n) is 3.75. The number of amides is 1. The first kappa shape index (κ1) is 19.0. The summed E-state index contributed by atoms with van der Waals surface area (Å²) in [6, 6.07) is 16.2. The van der Waals surface area contributed by atoms with Crippen LogP contribution in [-0.4, -0.2) is 15.9 Å². The summed E-state index contributed by atoms with van der Waals surface area (Å²) in [6.07, 6.45) is 0. The first-order valence-electron chi connectivity index (χ1n) is 8.11. The van der Waals surface area contributed by atoms with Gasteiger partial charge in [-0.05, 0) is 30.2 Å². The molecule has 5 N–H and O–H groups in total. The van der Waals surface area contributed by atoms with Crippen molar-refractivity contribution in [3.05, 3.63) is 70.7 Å². The molecular weight excluding hydrogens is 382 g/mol. The molecule has 0 aliphatic rings. The second kappa shape index (κ2) is 8.28. The minimum Gasteiger partial charge on any atom is -0.383 e. The van der Waals surface area contributed by atoms with E-state index in [9.17, 15) is 4.79 Å². The Kier molecular flexibility index (Phi) is 5.83. The van der Waals surface area contributed by atoms with Crippen molar-refractivity contribution in [1.82, 2.24) is 9.97 Å². The lowest BCUT2D eigenvalue weighted by Gasteiger charge is -2.17. The number of nitrogen functional groups attached to an aromatic ring is 2. The highest BCUT2D eigenvalue weighted by Crippen LogP contribution is 2.35. The zero-order valence-corrected chi connectivity index (χ0v) is 16.1.